The van der Waals surface area contributed by atoms with Gasteiger partial charge in [0, 0.05) is 11.1 Å². The molecule has 1 unspecified atom stereocenters. The first kappa shape index (κ1) is 15.6. The van der Waals surface area contributed by atoms with Crippen LogP contribution in [0.25, 0.3) is 10.2 Å². The first-order chi connectivity index (χ1) is 9.45. The molecular weight excluding hydrogens is 312 g/mol. The number of hydrogen-bond acceptors (Lipinski definition) is 4. The van der Waals surface area contributed by atoms with Gasteiger partial charge in [-0.2, -0.15) is 0 Å². The van der Waals surface area contributed by atoms with Crippen LogP contribution in [-0.2, 0) is 4.79 Å². The van der Waals surface area contributed by atoms with Crippen LogP contribution in [0.15, 0.2) is 22.5 Å². The standard InChI is InChI=1S/C14H17ClN2OS2/c1-8(2)9(3)16-13(18)7-19-14-17-11-6-10(15)4-5-12(11)20-14/h4-6,8-9H,7H2,1-3H3,(H,16,18). The summed E-state index contributed by atoms with van der Waals surface area (Å²) < 4.78 is 1.99. The van der Waals surface area contributed by atoms with Gasteiger partial charge in [0.15, 0.2) is 4.34 Å². The fourth-order valence-corrected chi connectivity index (χ4v) is 3.56. The van der Waals surface area contributed by atoms with E-state index >= 15 is 0 Å². The lowest BCUT2D eigenvalue weighted by atomic mass is 10.1. The molecule has 0 radical (unpaired) electrons. The van der Waals surface area contributed by atoms with Crippen LogP contribution in [-0.4, -0.2) is 22.7 Å². The van der Waals surface area contributed by atoms with Gasteiger partial charge in [-0.05, 0) is 31.0 Å². The number of thioether (sulfide) groups is 1. The third kappa shape index (κ3) is 4.11. The molecule has 1 aromatic heterocycles. The minimum atomic E-state index is 0.0495. The van der Waals surface area contributed by atoms with Crippen LogP contribution < -0.4 is 5.32 Å². The molecule has 3 nitrogen and oxygen atoms in total. The molecule has 0 saturated carbocycles. The third-order valence-corrected chi connectivity index (χ3v) is 5.46. The fourth-order valence-electron chi connectivity index (χ4n) is 1.53. The molecule has 6 heteroatoms. The quantitative estimate of drug-likeness (QED) is 0.836. The molecule has 2 aromatic rings. The number of aromatic nitrogens is 1. The number of amides is 1. The lowest BCUT2D eigenvalue weighted by molar-refractivity contribution is -0.119. The van der Waals surface area contributed by atoms with Gasteiger partial charge in [-0.25, -0.2) is 4.98 Å². The van der Waals surface area contributed by atoms with Gasteiger partial charge in [0.1, 0.15) is 0 Å². The highest BCUT2D eigenvalue weighted by Crippen LogP contribution is 2.30. The van der Waals surface area contributed by atoms with Crippen LogP contribution >= 0.6 is 34.7 Å². The molecule has 0 bridgehead atoms. The Bertz CT molecular complexity index is 612. The van der Waals surface area contributed by atoms with E-state index in [4.69, 9.17) is 11.6 Å². The van der Waals surface area contributed by atoms with Crippen molar-refractivity contribution in [1.29, 1.82) is 0 Å². The highest BCUT2D eigenvalue weighted by molar-refractivity contribution is 8.01. The van der Waals surface area contributed by atoms with Gasteiger partial charge in [-0.3, -0.25) is 4.79 Å². The number of carbonyl (C=O) groups excluding carboxylic acids is 1. The maximum absolute atomic E-state index is 11.8. The SMILES string of the molecule is CC(C)C(C)NC(=O)CSc1nc2cc(Cl)ccc2s1. The number of rotatable bonds is 5. The molecule has 1 aromatic carbocycles. The maximum atomic E-state index is 11.8. The Hall–Kier alpha value is -0.780. The second kappa shape index (κ2) is 6.78. The molecule has 0 aliphatic rings. The Morgan fingerprint density at radius 1 is 1.45 bits per heavy atom. The number of fused-ring (bicyclic) bond motifs is 1. The van der Waals surface area contributed by atoms with Crippen LogP contribution in [0, 0.1) is 5.92 Å². The van der Waals surface area contributed by atoms with Crippen molar-refractivity contribution in [3.05, 3.63) is 23.2 Å². The topological polar surface area (TPSA) is 42.0 Å². The molecule has 0 saturated heterocycles. The van der Waals surface area contributed by atoms with Gasteiger partial charge in [-0.1, -0.05) is 37.2 Å². The van der Waals surface area contributed by atoms with Crippen molar-refractivity contribution in [3.8, 4) is 0 Å². The summed E-state index contributed by atoms with van der Waals surface area (Å²) in [5.74, 6) is 0.881. The summed E-state index contributed by atoms with van der Waals surface area (Å²) in [6.07, 6.45) is 0. The first-order valence-corrected chi connectivity index (χ1v) is 8.62. The molecule has 0 aliphatic heterocycles. The molecule has 1 heterocycles. The van der Waals surface area contributed by atoms with E-state index in [1.165, 1.54) is 11.8 Å². The average molecular weight is 329 g/mol. The van der Waals surface area contributed by atoms with E-state index in [0.717, 1.165) is 14.6 Å². The second-order valence-corrected chi connectivity index (χ2v) is 7.67. The van der Waals surface area contributed by atoms with Crippen molar-refractivity contribution in [2.75, 3.05) is 5.75 Å². The largest absolute Gasteiger partial charge is 0.353 e. The number of nitrogens with one attached hydrogen (secondary N) is 1. The highest BCUT2D eigenvalue weighted by atomic mass is 35.5. The molecule has 1 N–H and O–H groups in total. The van der Waals surface area contributed by atoms with Crippen LogP contribution in [0.4, 0.5) is 0 Å². The van der Waals surface area contributed by atoms with E-state index in [2.05, 4.69) is 24.1 Å². The Kier molecular flexibility index (Phi) is 5.29. The highest BCUT2D eigenvalue weighted by Gasteiger charge is 2.12. The Balaban J connectivity index is 1.94. The fraction of sp³-hybridized carbons (Fsp3) is 0.429. The van der Waals surface area contributed by atoms with Crippen LogP contribution in [0.5, 0.6) is 0 Å². The predicted octanol–water partition coefficient (Wildman–Crippen LogP) is 4.20. The smallest absolute Gasteiger partial charge is 0.230 e. The van der Waals surface area contributed by atoms with Gasteiger partial charge >= 0.3 is 0 Å². The van der Waals surface area contributed by atoms with E-state index < -0.39 is 0 Å². The molecule has 20 heavy (non-hydrogen) atoms. The van der Waals surface area contributed by atoms with Crippen molar-refractivity contribution < 1.29 is 4.79 Å². The van der Waals surface area contributed by atoms with Crippen LogP contribution in [0.3, 0.4) is 0 Å². The molecular formula is C14H17ClN2OS2. The zero-order chi connectivity index (χ0) is 14.7. The number of thiazole rings is 1. The number of nitrogens with zero attached hydrogens (tertiary/aromatic N) is 1. The van der Waals surface area contributed by atoms with E-state index in [1.807, 2.05) is 25.1 Å². The minimum Gasteiger partial charge on any atom is -0.353 e. The Labute approximate surface area is 132 Å². The number of halogens is 1. The van der Waals surface area contributed by atoms with Crippen molar-refractivity contribution >= 4 is 50.8 Å². The van der Waals surface area contributed by atoms with E-state index in [0.29, 0.717) is 16.7 Å². The molecule has 0 spiro atoms. The molecule has 2 rings (SSSR count). The van der Waals surface area contributed by atoms with Crippen molar-refractivity contribution in [2.45, 2.75) is 31.2 Å². The zero-order valence-electron chi connectivity index (χ0n) is 11.6. The second-order valence-electron chi connectivity index (χ2n) is 4.98. The van der Waals surface area contributed by atoms with E-state index in [-0.39, 0.29) is 11.9 Å². The molecule has 1 amide bonds. The van der Waals surface area contributed by atoms with Gasteiger partial charge in [0.05, 0.1) is 16.0 Å². The molecule has 108 valence electrons. The summed E-state index contributed by atoms with van der Waals surface area (Å²) in [6.45, 7) is 6.21. The van der Waals surface area contributed by atoms with Crippen LogP contribution in [0.1, 0.15) is 20.8 Å². The Morgan fingerprint density at radius 2 is 2.20 bits per heavy atom. The van der Waals surface area contributed by atoms with E-state index in [1.54, 1.807) is 11.3 Å². The Morgan fingerprint density at radius 3 is 2.90 bits per heavy atom. The summed E-state index contributed by atoms with van der Waals surface area (Å²) in [5.41, 5.74) is 0.890. The van der Waals surface area contributed by atoms with Crippen molar-refractivity contribution in [1.82, 2.24) is 10.3 Å². The number of carbonyl (C=O) groups is 1. The number of benzene rings is 1. The lowest BCUT2D eigenvalue weighted by Crippen LogP contribution is -2.37. The van der Waals surface area contributed by atoms with Crippen molar-refractivity contribution in [3.63, 3.8) is 0 Å². The summed E-state index contributed by atoms with van der Waals surface area (Å²) in [6, 6.07) is 5.85. The maximum Gasteiger partial charge on any atom is 0.230 e. The average Bonchev–Trinajstić information content (AvgIpc) is 2.78. The van der Waals surface area contributed by atoms with Gasteiger partial charge in [0.2, 0.25) is 5.91 Å². The monoisotopic (exact) mass is 328 g/mol. The van der Waals surface area contributed by atoms with E-state index in [9.17, 15) is 4.79 Å². The van der Waals surface area contributed by atoms with Gasteiger partial charge in [-0.15, -0.1) is 11.3 Å². The summed E-state index contributed by atoms with van der Waals surface area (Å²) in [7, 11) is 0. The summed E-state index contributed by atoms with van der Waals surface area (Å²) in [5, 5.41) is 3.67. The van der Waals surface area contributed by atoms with Crippen molar-refractivity contribution in [2.24, 2.45) is 5.92 Å². The van der Waals surface area contributed by atoms with Gasteiger partial charge in [0.25, 0.3) is 0 Å². The lowest BCUT2D eigenvalue weighted by Gasteiger charge is -2.16. The van der Waals surface area contributed by atoms with Crippen LogP contribution in [0.2, 0.25) is 5.02 Å². The summed E-state index contributed by atoms with van der Waals surface area (Å²) in [4.78, 5) is 16.3. The molecule has 0 aliphatic carbocycles. The third-order valence-electron chi connectivity index (χ3n) is 3.05. The zero-order valence-corrected chi connectivity index (χ0v) is 14.0. The first-order valence-electron chi connectivity index (χ1n) is 6.44. The molecule has 0 fully saturated rings. The normalized spacial score (nSPS) is 12.8. The predicted molar refractivity (Wildman–Crippen MR) is 87.8 cm³/mol. The summed E-state index contributed by atoms with van der Waals surface area (Å²) >= 11 is 8.99. The molecule has 1 atom stereocenters. The number of hydrogen-bond donors (Lipinski definition) is 1. The minimum absolute atomic E-state index is 0.0495. The van der Waals surface area contributed by atoms with Gasteiger partial charge < -0.3 is 5.32 Å².